The largest absolute Gasteiger partial charge is 0.385 e. The second-order valence-electron chi connectivity index (χ2n) is 7.07. The number of rotatable bonds is 4. The van der Waals surface area contributed by atoms with Crippen molar-refractivity contribution in [2.75, 3.05) is 11.9 Å². The maximum absolute atomic E-state index is 12.7. The molecule has 0 spiro atoms. The average molecular weight is 284 g/mol. The minimum absolute atomic E-state index is 0.105. The molecule has 3 heteroatoms. The van der Waals surface area contributed by atoms with Crippen molar-refractivity contribution in [3.05, 3.63) is 29.3 Å². The van der Waals surface area contributed by atoms with Crippen molar-refractivity contribution in [3.8, 4) is 0 Å². The summed E-state index contributed by atoms with van der Waals surface area (Å²) in [6, 6.07) is 6.53. The Labute approximate surface area is 126 Å². The fourth-order valence-electron chi connectivity index (χ4n) is 4.94. The third kappa shape index (κ3) is 2.05. The van der Waals surface area contributed by atoms with Gasteiger partial charge in [0.05, 0.1) is 5.56 Å². The lowest BCUT2D eigenvalue weighted by Crippen LogP contribution is -2.30. The molecule has 21 heavy (non-hydrogen) atoms. The molecule has 3 saturated carbocycles. The lowest BCUT2D eigenvalue weighted by atomic mass is 10.0. The van der Waals surface area contributed by atoms with E-state index in [4.69, 9.17) is 0 Å². The zero-order chi connectivity index (χ0) is 14.6. The zero-order valence-corrected chi connectivity index (χ0v) is 12.9. The minimum Gasteiger partial charge on any atom is -0.385 e. The zero-order valence-electron chi connectivity index (χ0n) is 12.9. The van der Waals surface area contributed by atoms with Gasteiger partial charge in [-0.15, -0.1) is 0 Å². The van der Waals surface area contributed by atoms with E-state index < -0.39 is 0 Å². The molecular formula is C18H24N2O. The summed E-state index contributed by atoms with van der Waals surface area (Å²) in [6.07, 6.45) is 4.21. The molecule has 0 radical (unpaired) electrons. The summed E-state index contributed by atoms with van der Waals surface area (Å²) in [7, 11) is 0. The summed E-state index contributed by atoms with van der Waals surface area (Å²) in [5.74, 6) is 3.49. The van der Waals surface area contributed by atoms with Gasteiger partial charge in [0.15, 0.2) is 0 Å². The van der Waals surface area contributed by atoms with Gasteiger partial charge >= 0.3 is 0 Å². The van der Waals surface area contributed by atoms with Gasteiger partial charge in [-0.3, -0.25) is 4.79 Å². The van der Waals surface area contributed by atoms with Crippen LogP contribution in [0, 0.1) is 30.6 Å². The van der Waals surface area contributed by atoms with Gasteiger partial charge < -0.3 is 10.6 Å². The molecular weight excluding hydrogens is 260 g/mol. The number of benzene rings is 1. The number of carbonyl (C=O) groups is 1. The van der Waals surface area contributed by atoms with E-state index in [0.29, 0.717) is 6.04 Å². The van der Waals surface area contributed by atoms with E-state index in [1.54, 1.807) is 0 Å². The van der Waals surface area contributed by atoms with Crippen LogP contribution in [0.4, 0.5) is 5.69 Å². The predicted molar refractivity (Wildman–Crippen MR) is 84.4 cm³/mol. The van der Waals surface area contributed by atoms with E-state index in [1.807, 2.05) is 19.1 Å². The van der Waals surface area contributed by atoms with Gasteiger partial charge in [0.1, 0.15) is 0 Å². The smallest absolute Gasteiger partial charge is 0.253 e. The Morgan fingerprint density at radius 1 is 1.24 bits per heavy atom. The van der Waals surface area contributed by atoms with Crippen LogP contribution >= 0.6 is 0 Å². The molecule has 3 nitrogen and oxygen atoms in total. The normalized spacial score (nSPS) is 35.4. The van der Waals surface area contributed by atoms with Gasteiger partial charge in [-0.05, 0) is 68.9 Å². The van der Waals surface area contributed by atoms with Crippen molar-refractivity contribution in [2.24, 2.45) is 23.7 Å². The Kier molecular flexibility index (Phi) is 2.98. The molecule has 0 aromatic heterocycles. The summed E-state index contributed by atoms with van der Waals surface area (Å²) in [4.78, 5) is 12.7. The van der Waals surface area contributed by atoms with Crippen molar-refractivity contribution in [1.82, 2.24) is 5.32 Å². The molecule has 1 aromatic rings. The van der Waals surface area contributed by atoms with Crippen molar-refractivity contribution in [3.63, 3.8) is 0 Å². The SMILES string of the molecule is CCNc1ccc(C)cc1C(=O)NC1C2C3CCC(C3)C12. The fourth-order valence-corrected chi connectivity index (χ4v) is 4.94. The average Bonchev–Trinajstić information content (AvgIpc) is 2.86. The molecule has 4 unspecified atom stereocenters. The molecule has 4 atom stereocenters. The van der Waals surface area contributed by atoms with Crippen LogP contribution in [0.3, 0.4) is 0 Å². The first-order valence-electron chi connectivity index (χ1n) is 8.34. The van der Waals surface area contributed by atoms with Gasteiger partial charge in [0, 0.05) is 18.3 Å². The van der Waals surface area contributed by atoms with Crippen LogP contribution in [0.1, 0.15) is 42.1 Å². The lowest BCUT2D eigenvalue weighted by Gasteiger charge is -2.14. The maximum atomic E-state index is 12.7. The Morgan fingerprint density at radius 3 is 2.62 bits per heavy atom. The highest BCUT2D eigenvalue weighted by molar-refractivity contribution is 6.00. The van der Waals surface area contributed by atoms with Crippen LogP contribution < -0.4 is 10.6 Å². The van der Waals surface area contributed by atoms with Crippen LogP contribution in [-0.2, 0) is 0 Å². The molecule has 1 aromatic carbocycles. The molecule has 2 bridgehead atoms. The quantitative estimate of drug-likeness (QED) is 0.891. The van der Waals surface area contributed by atoms with E-state index in [-0.39, 0.29) is 5.91 Å². The lowest BCUT2D eigenvalue weighted by molar-refractivity contribution is 0.0945. The monoisotopic (exact) mass is 284 g/mol. The minimum atomic E-state index is 0.105. The van der Waals surface area contributed by atoms with Crippen molar-refractivity contribution in [1.29, 1.82) is 0 Å². The van der Waals surface area contributed by atoms with E-state index in [0.717, 1.165) is 47.0 Å². The Hall–Kier alpha value is -1.51. The number of carbonyl (C=O) groups excluding carboxylic acids is 1. The van der Waals surface area contributed by atoms with E-state index in [1.165, 1.54) is 19.3 Å². The molecule has 3 aliphatic carbocycles. The van der Waals surface area contributed by atoms with E-state index in [2.05, 4.69) is 23.6 Å². The summed E-state index contributed by atoms with van der Waals surface area (Å²) in [5, 5.41) is 6.62. The number of hydrogen-bond donors (Lipinski definition) is 2. The number of nitrogens with one attached hydrogen (secondary N) is 2. The molecule has 1 amide bonds. The summed E-state index contributed by atoms with van der Waals surface area (Å²) in [6.45, 7) is 4.94. The molecule has 0 heterocycles. The molecule has 0 saturated heterocycles. The van der Waals surface area contributed by atoms with Gasteiger partial charge in [0.25, 0.3) is 5.91 Å². The second kappa shape index (κ2) is 4.75. The predicted octanol–water partition coefficient (Wildman–Crippen LogP) is 3.20. The Morgan fingerprint density at radius 2 is 1.95 bits per heavy atom. The highest BCUT2D eigenvalue weighted by Crippen LogP contribution is 2.65. The summed E-state index contributed by atoms with van der Waals surface area (Å²) >= 11 is 0. The Bertz CT molecular complexity index is 567. The highest BCUT2D eigenvalue weighted by atomic mass is 16.1. The molecule has 2 N–H and O–H groups in total. The third-order valence-corrected chi connectivity index (χ3v) is 5.82. The summed E-state index contributed by atoms with van der Waals surface area (Å²) < 4.78 is 0. The van der Waals surface area contributed by atoms with Crippen LogP contribution in [0.5, 0.6) is 0 Å². The fraction of sp³-hybridized carbons (Fsp3) is 0.611. The number of fused-ring (bicyclic) bond motifs is 5. The standard InChI is InChI=1S/C18H24N2O/c1-3-19-14-7-4-10(2)8-13(14)18(21)20-17-15-11-5-6-12(9-11)16(15)17/h4,7-8,11-12,15-17,19H,3,5-6,9H2,1-2H3,(H,20,21). The highest BCUT2D eigenvalue weighted by Gasteiger charge is 2.65. The van der Waals surface area contributed by atoms with Gasteiger partial charge in [0.2, 0.25) is 0 Å². The number of aryl methyl sites for hydroxylation is 1. The van der Waals surface area contributed by atoms with Gasteiger partial charge in [-0.2, -0.15) is 0 Å². The first-order chi connectivity index (χ1) is 10.2. The van der Waals surface area contributed by atoms with Crippen LogP contribution in [0.25, 0.3) is 0 Å². The third-order valence-electron chi connectivity index (χ3n) is 5.82. The van der Waals surface area contributed by atoms with Gasteiger partial charge in [-0.1, -0.05) is 11.6 Å². The van der Waals surface area contributed by atoms with Crippen molar-refractivity contribution in [2.45, 2.75) is 39.2 Å². The Balaban J connectivity index is 1.50. The molecule has 3 fully saturated rings. The number of amides is 1. The molecule has 112 valence electrons. The summed E-state index contributed by atoms with van der Waals surface area (Å²) in [5.41, 5.74) is 2.89. The molecule has 3 aliphatic rings. The van der Waals surface area contributed by atoms with E-state index in [9.17, 15) is 4.79 Å². The number of anilines is 1. The van der Waals surface area contributed by atoms with Gasteiger partial charge in [-0.25, -0.2) is 0 Å². The van der Waals surface area contributed by atoms with Crippen molar-refractivity contribution >= 4 is 11.6 Å². The van der Waals surface area contributed by atoms with E-state index >= 15 is 0 Å². The topological polar surface area (TPSA) is 41.1 Å². The van der Waals surface area contributed by atoms with Crippen LogP contribution in [-0.4, -0.2) is 18.5 Å². The molecule has 4 rings (SSSR count). The van der Waals surface area contributed by atoms with Crippen LogP contribution in [0.2, 0.25) is 0 Å². The number of hydrogen-bond acceptors (Lipinski definition) is 2. The first kappa shape index (κ1) is 13.2. The second-order valence-corrected chi connectivity index (χ2v) is 7.07. The van der Waals surface area contributed by atoms with Crippen LogP contribution in [0.15, 0.2) is 18.2 Å². The van der Waals surface area contributed by atoms with Crippen molar-refractivity contribution < 1.29 is 4.79 Å². The first-order valence-corrected chi connectivity index (χ1v) is 8.34. The maximum Gasteiger partial charge on any atom is 0.253 e. The molecule has 0 aliphatic heterocycles.